The van der Waals surface area contributed by atoms with E-state index in [0.717, 1.165) is 52.8 Å². The number of thiophene rings is 1. The molecule has 2 N–H and O–H groups in total. The molecule has 6 heteroatoms. The van der Waals surface area contributed by atoms with Gasteiger partial charge in [-0.3, -0.25) is 4.79 Å². The Kier molecular flexibility index (Phi) is 6.75. The van der Waals surface area contributed by atoms with Gasteiger partial charge in [-0.15, -0.1) is 11.3 Å². The number of hydrogen-bond acceptors (Lipinski definition) is 3. The minimum atomic E-state index is 0.00925. The number of amides is 1. The van der Waals surface area contributed by atoms with Crippen LogP contribution in [-0.4, -0.2) is 43.3 Å². The third kappa shape index (κ3) is 4.55. The second kappa shape index (κ2) is 9.67. The Hall–Kier alpha value is -2.31. The summed E-state index contributed by atoms with van der Waals surface area (Å²) >= 11 is 1.67. The molecule has 3 heterocycles. The molecule has 1 unspecified atom stereocenters. The largest absolute Gasteiger partial charge is 0.496 e. The van der Waals surface area contributed by atoms with Crippen molar-refractivity contribution in [3.05, 3.63) is 53.0 Å². The third-order valence-corrected chi connectivity index (χ3v) is 7.25. The van der Waals surface area contributed by atoms with Gasteiger partial charge in [0.2, 0.25) is 0 Å². The van der Waals surface area contributed by atoms with Gasteiger partial charge in [-0.05, 0) is 49.8 Å². The molecule has 1 aliphatic heterocycles. The fourth-order valence-electron chi connectivity index (χ4n) is 4.56. The predicted molar refractivity (Wildman–Crippen MR) is 123 cm³/mol. The van der Waals surface area contributed by atoms with Gasteiger partial charge >= 0.3 is 0 Å². The number of benzene rings is 1. The first kappa shape index (κ1) is 20.9. The zero-order valence-corrected chi connectivity index (χ0v) is 18.8. The van der Waals surface area contributed by atoms with Gasteiger partial charge in [-0.2, -0.15) is 0 Å². The van der Waals surface area contributed by atoms with Crippen molar-refractivity contribution >= 4 is 27.5 Å². The Balaban J connectivity index is 1.43. The lowest BCUT2D eigenvalue weighted by atomic mass is 10.0. The standard InChI is InChI=1S/C24H31N3O2S/c1-18-8-5-6-13-26(18)14-7-12-25-23(28)21-16-19-11-15-30-24(19)27(21)17-20-9-3-4-10-22(20)29-2/h3-4,9-11,15-16,18H,5-8,12-14,17H2,1-2H3,(H,25,28)/p+1/t18-/m0/s1. The molecule has 2 aromatic heterocycles. The highest BCUT2D eigenvalue weighted by Gasteiger charge is 2.21. The number of nitrogens with zero attached hydrogens (tertiary/aromatic N) is 1. The van der Waals surface area contributed by atoms with E-state index in [1.54, 1.807) is 23.3 Å². The quantitative estimate of drug-likeness (QED) is 0.543. The van der Waals surface area contributed by atoms with E-state index in [1.165, 1.54) is 25.8 Å². The Bertz CT molecular complexity index is 993. The summed E-state index contributed by atoms with van der Waals surface area (Å²) in [6, 6.07) is 12.8. The van der Waals surface area contributed by atoms with Crippen molar-refractivity contribution in [3.8, 4) is 5.75 Å². The highest BCUT2D eigenvalue weighted by molar-refractivity contribution is 7.16. The number of carbonyl (C=O) groups is 1. The molecule has 2 atom stereocenters. The maximum Gasteiger partial charge on any atom is 0.267 e. The average molecular weight is 427 g/mol. The molecular weight excluding hydrogens is 394 g/mol. The summed E-state index contributed by atoms with van der Waals surface area (Å²) in [6.07, 6.45) is 5.04. The highest BCUT2D eigenvalue weighted by atomic mass is 32.1. The van der Waals surface area contributed by atoms with E-state index in [0.29, 0.717) is 6.54 Å². The fourth-order valence-corrected chi connectivity index (χ4v) is 5.45. The number of quaternary nitrogens is 1. The summed E-state index contributed by atoms with van der Waals surface area (Å²) in [5.74, 6) is 0.857. The van der Waals surface area contributed by atoms with Crippen molar-refractivity contribution < 1.29 is 14.4 Å². The normalized spacial score (nSPS) is 19.1. The molecule has 1 saturated heterocycles. The molecule has 30 heavy (non-hydrogen) atoms. The Morgan fingerprint density at radius 1 is 1.30 bits per heavy atom. The molecule has 1 fully saturated rings. The van der Waals surface area contributed by atoms with Crippen molar-refractivity contribution in [2.24, 2.45) is 0 Å². The summed E-state index contributed by atoms with van der Waals surface area (Å²) in [4.78, 5) is 15.8. The SMILES string of the molecule is COc1ccccc1Cn1c(C(=O)NCCC[NH+]2CCCC[C@@H]2C)cc2ccsc21. The maximum atomic E-state index is 13.0. The number of rotatable bonds is 8. The molecule has 1 aromatic carbocycles. The van der Waals surface area contributed by atoms with Gasteiger partial charge in [-0.1, -0.05) is 18.2 Å². The van der Waals surface area contributed by atoms with Crippen LogP contribution in [0.15, 0.2) is 41.8 Å². The summed E-state index contributed by atoms with van der Waals surface area (Å²) in [7, 11) is 1.69. The number of likely N-dealkylation sites (tertiary alicyclic amines) is 1. The van der Waals surface area contributed by atoms with Gasteiger partial charge in [0.1, 0.15) is 16.3 Å². The topological polar surface area (TPSA) is 47.7 Å². The van der Waals surface area contributed by atoms with Gasteiger partial charge in [-0.25, -0.2) is 0 Å². The lowest BCUT2D eigenvalue weighted by Crippen LogP contribution is -3.16. The van der Waals surface area contributed by atoms with Crippen LogP contribution in [0, 0.1) is 0 Å². The molecule has 0 spiro atoms. The van der Waals surface area contributed by atoms with Crippen molar-refractivity contribution in [1.29, 1.82) is 0 Å². The monoisotopic (exact) mass is 426 g/mol. The molecule has 5 nitrogen and oxygen atoms in total. The van der Waals surface area contributed by atoms with E-state index in [2.05, 4.69) is 34.3 Å². The van der Waals surface area contributed by atoms with Gasteiger partial charge in [0.25, 0.3) is 5.91 Å². The van der Waals surface area contributed by atoms with Crippen molar-refractivity contribution in [2.45, 2.75) is 45.2 Å². The number of fused-ring (bicyclic) bond motifs is 1. The number of hydrogen-bond donors (Lipinski definition) is 2. The van der Waals surface area contributed by atoms with Crippen molar-refractivity contribution in [3.63, 3.8) is 0 Å². The van der Waals surface area contributed by atoms with E-state index < -0.39 is 0 Å². The number of para-hydroxylation sites is 1. The molecule has 1 amide bonds. The second-order valence-corrected chi connectivity index (χ2v) is 9.17. The smallest absolute Gasteiger partial charge is 0.267 e. The first-order valence-corrected chi connectivity index (χ1v) is 11.9. The van der Waals surface area contributed by atoms with E-state index in [1.807, 2.05) is 24.3 Å². The first-order valence-electron chi connectivity index (χ1n) is 11.0. The second-order valence-electron chi connectivity index (χ2n) is 8.27. The van der Waals surface area contributed by atoms with Gasteiger partial charge in [0.15, 0.2) is 0 Å². The number of ether oxygens (including phenoxy) is 1. The zero-order chi connectivity index (χ0) is 20.9. The summed E-state index contributed by atoms with van der Waals surface area (Å²) < 4.78 is 7.64. The molecule has 1 aliphatic rings. The lowest BCUT2D eigenvalue weighted by Gasteiger charge is -2.30. The van der Waals surface area contributed by atoms with Crippen LogP contribution in [0.25, 0.3) is 10.2 Å². The van der Waals surface area contributed by atoms with Crippen LogP contribution in [0.1, 0.15) is 48.7 Å². The van der Waals surface area contributed by atoms with Crippen LogP contribution in [0.3, 0.4) is 0 Å². The van der Waals surface area contributed by atoms with Crippen molar-refractivity contribution in [2.75, 3.05) is 26.7 Å². The molecule has 0 radical (unpaired) electrons. The van der Waals surface area contributed by atoms with E-state index in [-0.39, 0.29) is 5.91 Å². The molecule has 0 saturated carbocycles. The number of piperidine rings is 1. The van der Waals surface area contributed by atoms with Crippen molar-refractivity contribution in [1.82, 2.24) is 9.88 Å². The van der Waals surface area contributed by atoms with E-state index >= 15 is 0 Å². The lowest BCUT2D eigenvalue weighted by molar-refractivity contribution is -0.928. The van der Waals surface area contributed by atoms with Gasteiger partial charge in [0.05, 0.1) is 32.8 Å². The number of methoxy groups -OCH3 is 1. The van der Waals surface area contributed by atoms with E-state index in [4.69, 9.17) is 4.74 Å². The summed E-state index contributed by atoms with van der Waals surface area (Å²) in [6.45, 7) is 6.10. The first-order chi connectivity index (χ1) is 14.7. The molecule has 4 rings (SSSR count). The molecular formula is C24H32N3O2S+. The number of nitrogens with one attached hydrogen (secondary N) is 2. The molecule has 0 bridgehead atoms. The Morgan fingerprint density at radius 3 is 3.00 bits per heavy atom. The van der Waals surface area contributed by atoms with Crippen LogP contribution in [0.2, 0.25) is 0 Å². The minimum Gasteiger partial charge on any atom is -0.496 e. The Labute approximate surface area is 182 Å². The van der Waals surface area contributed by atoms with Gasteiger partial charge < -0.3 is 19.5 Å². The summed E-state index contributed by atoms with van der Waals surface area (Å²) in [5, 5.41) is 6.35. The Morgan fingerprint density at radius 2 is 2.17 bits per heavy atom. The number of carbonyl (C=O) groups excluding carboxylic acids is 1. The highest BCUT2D eigenvalue weighted by Crippen LogP contribution is 2.28. The molecule has 160 valence electrons. The predicted octanol–water partition coefficient (Wildman–Crippen LogP) is 3.34. The average Bonchev–Trinajstić information content (AvgIpc) is 3.35. The molecule has 3 aromatic rings. The van der Waals surface area contributed by atoms with Gasteiger partial charge in [0, 0.05) is 23.9 Å². The maximum absolute atomic E-state index is 13.0. The van der Waals surface area contributed by atoms with Crippen LogP contribution in [0.4, 0.5) is 0 Å². The van der Waals surface area contributed by atoms with E-state index in [9.17, 15) is 4.79 Å². The number of aromatic nitrogens is 1. The molecule has 0 aliphatic carbocycles. The fraction of sp³-hybridized carbons (Fsp3) is 0.458. The third-order valence-electron chi connectivity index (χ3n) is 6.30. The zero-order valence-electron chi connectivity index (χ0n) is 17.9. The van der Waals surface area contributed by atoms with Crippen LogP contribution < -0.4 is 15.0 Å². The van der Waals surface area contributed by atoms with Crippen LogP contribution in [0.5, 0.6) is 5.75 Å². The summed E-state index contributed by atoms with van der Waals surface area (Å²) in [5.41, 5.74) is 1.80. The van der Waals surface area contributed by atoms with Crippen LogP contribution in [-0.2, 0) is 6.54 Å². The minimum absolute atomic E-state index is 0.00925. The van der Waals surface area contributed by atoms with Crippen LogP contribution >= 0.6 is 11.3 Å².